The number of fused-ring (bicyclic) bond motifs is 3. The lowest BCUT2D eigenvalue weighted by Gasteiger charge is -2.29. The molecule has 9 N–H and O–H groups in total. The Morgan fingerprint density at radius 2 is 0.860 bits per heavy atom. The first-order valence-corrected chi connectivity index (χ1v) is 40.1. The molecule has 93 heavy (non-hydrogen) atoms. The van der Waals surface area contributed by atoms with E-state index in [1.165, 1.54) is 76.4 Å². The summed E-state index contributed by atoms with van der Waals surface area (Å²) in [5, 5.41) is 48.7. The van der Waals surface area contributed by atoms with Crippen LogP contribution in [0.25, 0.3) is 0 Å². The molecule has 11 rings (SSSR count). The standard InChI is InChI=1S/2C13H11N3O5.C13H13N3O3.C9H8BrNO4.C5H8N2O2.CH4O.ClH.2I2.HI/c2*17-11-5-4-10(12(18)14-11)15-6-8-7(13(15)19)2-1-3-9(8)16(20)21;14-9-3-1-2-7-8(9)6-16(13(7)19)10-4-5-11(17)15-12(10)18;1-15-9(12)6-3-2-4-8(11(13)14)7(6)5-10;6-3-1-2-4(8)7-5(3)9;1-2;;2*1-2;/h2*1-3,10H,4-6H2,(H,14,17,18);1-3,10H,4-6,14H2,(H,15,17,18);2-4H,5H2,1H3;3H,1-2,6H2,(H,7,8,9);2H,1H3;1H;;;1H. The number of carbonyl (C=O) groups excluding carboxylic acids is 12. The van der Waals surface area contributed by atoms with Crippen LogP contribution in [0.15, 0.2) is 72.8 Å². The minimum Gasteiger partial charge on any atom is -0.465 e. The van der Waals surface area contributed by atoms with Crippen molar-refractivity contribution in [3.05, 3.63) is 148 Å². The molecule has 0 spiro atoms. The molecular formula is C54H57BrClI5N12O20. The normalized spacial score (nSPS) is 18.6. The van der Waals surface area contributed by atoms with E-state index in [2.05, 4.69) is 116 Å². The van der Waals surface area contributed by atoms with E-state index in [9.17, 15) is 87.9 Å². The fourth-order valence-electron chi connectivity index (χ4n) is 9.99. The number of nitrogens with two attached hydrogens (primary N) is 2. The highest BCUT2D eigenvalue weighted by molar-refractivity contribution is 15.0. The number of nitrogens with one attached hydrogen (secondary N) is 4. The third-order valence-corrected chi connectivity index (χ3v) is 14.9. The number of nitro benzene ring substituents is 3. The Bertz CT molecular complexity index is 3460. The van der Waals surface area contributed by atoms with Gasteiger partial charge in [0, 0.05) is 154 Å². The van der Waals surface area contributed by atoms with Crippen molar-refractivity contribution in [1.29, 1.82) is 0 Å². The molecule has 502 valence electrons. The summed E-state index contributed by atoms with van der Waals surface area (Å²) in [5.41, 5.74) is 14.3. The molecule has 32 nitrogen and oxygen atoms in total. The van der Waals surface area contributed by atoms with Gasteiger partial charge in [-0.1, -0.05) is 40.2 Å². The minimum atomic E-state index is -0.762. The zero-order valence-electron chi connectivity index (χ0n) is 48.5. The lowest BCUT2D eigenvalue weighted by atomic mass is 10.0. The molecule has 0 bridgehead atoms. The van der Waals surface area contributed by atoms with E-state index in [1.807, 2.05) is 0 Å². The highest BCUT2D eigenvalue weighted by Gasteiger charge is 2.44. The lowest BCUT2D eigenvalue weighted by molar-refractivity contribution is -0.385. The summed E-state index contributed by atoms with van der Waals surface area (Å²) in [5.74, 6) is -4.67. The number of benzene rings is 4. The van der Waals surface area contributed by atoms with Crippen molar-refractivity contribution < 1.29 is 82.1 Å². The van der Waals surface area contributed by atoms with Gasteiger partial charge in [-0.15, -0.1) is 36.4 Å². The molecular weight excluding hydrogens is 1890 g/mol. The molecule has 7 aliphatic rings. The van der Waals surface area contributed by atoms with E-state index in [0.717, 1.165) is 12.7 Å². The summed E-state index contributed by atoms with van der Waals surface area (Å²) in [4.78, 5) is 173. The van der Waals surface area contributed by atoms with Gasteiger partial charge < -0.3 is 36.0 Å². The molecule has 7 heterocycles. The number of anilines is 1. The van der Waals surface area contributed by atoms with Gasteiger partial charge in [0.15, 0.2) is 0 Å². The number of alkyl halides is 1. The van der Waals surface area contributed by atoms with Gasteiger partial charge in [-0.25, -0.2) is 4.79 Å². The summed E-state index contributed by atoms with van der Waals surface area (Å²) in [6, 6.07) is 15.5. The number of halogens is 7. The Labute approximate surface area is 606 Å². The van der Waals surface area contributed by atoms with E-state index in [-0.39, 0.29) is 156 Å². The van der Waals surface area contributed by atoms with E-state index in [4.69, 9.17) is 16.6 Å². The fraction of sp³-hybridized carbons (Fsp3) is 0.333. The first-order valence-electron chi connectivity index (χ1n) is 26.4. The van der Waals surface area contributed by atoms with Gasteiger partial charge in [0.05, 0.1) is 74.4 Å². The molecule has 4 aromatic rings. The molecule has 11 amide bonds. The van der Waals surface area contributed by atoms with Crippen LogP contribution < -0.4 is 32.7 Å². The maximum Gasteiger partial charge on any atom is 0.338 e. The first-order chi connectivity index (χ1) is 43.4. The molecule has 0 radical (unpaired) electrons. The number of aliphatic hydroxyl groups is 1. The second kappa shape index (κ2) is 39.5. The lowest BCUT2D eigenvalue weighted by Crippen LogP contribution is -2.52. The van der Waals surface area contributed by atoms with Crippen molar-refractivity contribution in [1.82, 2.24) is 36.0 Å². The van der Waals surface area contributed by atoms with Crippen LogP contribution in [0.4, 0.5) is 22.7 Å². The second-order valence-electron chi connectivity index (χ2n) is 19.4. The number of aliphatic hydroxyl groups excluding tert-OH is 1. The number of methoxy groups -OCH3 is 1. The number of imide groups is 4. The molecule has 4 fully saturated rings. The third-order valence-electron chi connectivity index (χ3n) is 14.3. The van der Waals surface area contributed by atoms with Crippen LogP contribution in [0.1, 0.15) is 115 Å². The van der Waals surface area contributed by atoms with Crippen molar-refractivity contribution in [2.24, 2.45) is 5.73 Å². The van der Waals surface area contributed by atoms with Crippen LogP contribution >= 0.6 is 127 Å². The Kier molecular flexibility index (Phi) is 35.2. The quantitative estimate of drug-likeness (QED) is 0.0203. The van der Waals surface area contributed by atoms with Crippen LogP contribution in [-0.4, -0.2) is 144 Å². The number of rotatable bonds is 8. The topological polar surface area (TPSA) is 474 Å². The summed E-state index contributed by atoms with van der Waals surface area (Å²) in [6.07, 6.45) is 2.24. The largest absolute Gasteiger partial charge is 0.465 e. The average molecular weight is 1940 g/mol. The van der Waals surface area contributed by atoms with Gasteiger partial charge in [-0.3, -0.25) is 104 Å². The molecule has 0 saturated carbocycles. The van der Waals surface area contributed by atoms with Crippen LogP contribution in [-0.2, 0) is 68.1 Å². The van der Waals surface area contributed by atoms with Gasteiger partial charge in [0.25, 0.3) is 34.8 Å². The van der Waals surface area contributed by atoms with Crippen LogP contribution in [0.5, 0.6) is 0 Å². The fourth-order valence-corrected chi connectivity index (χ4v) is 10.6. The summed E-state index contributed by atoms with van der Waals surface area (Å²) < 4.78 is 4.53. The number of ether oxygens (including phenoxy) is 1. The summed E-state index contributed by atoms with van der Waals surface area (Å²) >= 11 is 11.6. The Morgan fingerprint density at radius 1 is 0.548 bits per heavy atom. The first kappa shape index (κ1) is 82.8. The molecule has 39 heteroatoms. The van der Waals surface area contributed by atoms with Gasteiger partial charge in [-0.2, -0.15) is 0 Å². The smallest absolute Gasteiger partial charge is 0.338 e. The number of amides is 11. The number of nitrogens with zero attached hydrogens (tertiary/aromatic N) is 6. The number of piperidine rings is 4. The van der Waals surface area contributed by atoms with E-state index in [1.54, 1.807) is 18.2 Å². The highest BCUT2D eigenvalue weighted by Crippen LogP contribution is 2.36. The van der Waals surface area contributed by atoms with E-state index in [0.29, 0.717) is 53.7 Å². The number of nitro groups is 3. The van der Waals surface area contributed by atoms with E-state index < -0.39 is 74.4 Å². The molecule has 7 aliphatic heterocycles. The van der Waals surface area contributed by atoms with Crippen LogP contribution in [0, 0.1) is 30.3 Å². The van der Waals surface area contributed by atoms with E-state index >= 15 is 0 Å². The predicted octanol–water partition coefficient (Wildman–Crippen LogP) is 5.96. The number of nitrogen functional groups attached to an aromatic ring is 1. The Balaban J connectivity index is 0.000000393. The van der Waals surface area contributed by atoms with Crippen molar-refractivity contribution in [2.45, 2.75) is 100 Å². The van der Waals surface area contributed by atoms with Gasteiger partial charge in [0.2, 0.25) is 47.3 Å². The predicted molar refractivity (Wildman–Crippen MR) is 379 cm³/mol. The molecule has 4 atom stereocenters. The van der Waals surface area contributed by atoms with Crippen molar-refractivity contribution in [3.8, 4) is 0 Å². The van der Waals surface area contributed by atoms with Crippen molar-refractivity contribution in [3.63, 3.8) is 0 Å². The van der Waals surface area contributed by atoms with Gasteiger partial charge in [0.1, 0.15) is 18.1 Å². The zero-order valence-corrected chi connectivity index (χ0v) is 61.8. The summed E-state index contributed by atoms with van der Waals surface area (Å²) in [7, 11) is 2.24. The number of esters is 1. The number of carbonyl (C=O) groups is 12. The Morgan fingerprint density at radius 3 is 1.17 bits per heavy atom. The van der Waals surface area contributed by atoms with Crippen molar-refractivity contribution in [2.75, 3.05) is 20.0 Å². The molecule has 4 unspecified atom stereocenters. The Hall–Kier alpha value is -6.34. The monoisotopic (exact) mass is 1940 g/mol. The molecule has 4 aromatic carbocycles. The zero-order chi connectivity index (χ0) is 68.1. The van der Waals surface area contributed by atoms with Gasteiger partial charge in [-0.05, 0) is 56.0 Å². The number of hydrogen-bond donors (Lipinski definition) is 7. The maximum absolute atomic E-state index is 12.3. The SMILES string of the molecule is CO.COC(=O)c1cccc([N+](=O)[O-])c1CBr.Cl.I.II.II.NC1CCC(=O)NC1=O.Nc1cccc2c1CN(C1CCC(=O)NC1=O)C2=O.O=C1CCC(N2Cc3c(cccc3[N+](=O)[O-])C2=O)C(=O)N1.O=C1CCC(N2Cc3c(cccc3[N+](=O)[O-])C2=O)C(=O)N1. The molecule has 0 aromatic heterocycles. The molecule has 4 saturated heterocycles. The molecule has 0 aliphatic carbocycles. The van der Waals surface area contributed by atoms with Crippen LogP contribution in [0.3, 0.4) is 0 Å². The maximum atomic E-state index is 12.3. The van der Waals surface area contributed by atoms with Crippen LogP contribution in [0.2, 0.25) is 0 Å². The van der Waals surface area contributed by atoms with Crippen molar-refractivity contribution >= 4 is 220 Å². The average Bonchev–Trinajstić information content (AvgIpc) is 1.66. The van der Waals surface area contributed by atoms with Gasteiger partial charge >= 0.3 is 5.97 Å². The number of hydrogen-bond acceptors (Lipinski definition) is 22. The highest BCUT2D eigenvalue weighted by atomic mass is 128. The third kappa shape index (κ3) is 20.8. The second-order valence-corrected chi connectivity index (χ2v) is 20.0. The minimum absolute atomic E-state index is 0. The summed E-state index contributed by atoms with van der Waals surface area (Å²) in [6.45, 7) is 0.350.